The fourth-order valence-electron chi connectivity index (χ4n) is 2.31. The lowest BCUT2D eigenvalue weighted by Crippen LogP contribution is -2.18. The summed E-state index contributed by atoms with van der Waals surface area (Å²) in [5.74, 6) is -0.402. The summed E-state index contributed by atoms with van der Waals surface area (Å²) in [5, 5.41) is 3.93. The molecule has 0 atom stereocenters. The molecule has 0 aromatic heterocycles. The van der Waals surface area contributed by atoms with E-state index in [4.69, 9.17) is 0 Å². The highest BCUT2D eigenvalue weighted by atomic mass is 79.9. The average molecular weight is 458 g/mol. The summed E-state index contributed by atoms with van der Waals surface area (Å²) >= 11 is 3.40. The van der Waals surface area contributed by atoms with Crippen LogP contribution in [0.15, 0.2) is 93.3 Å². The van der Waals surface area contributed by atoms with Gasteiger partial charge in [0.05, 0.1) is 11.1 Å². The molecule has 2 N–H and O–H groups in total. The molecule has 1 amide bonds. The number of carbonyl (C=O) groups is 1. The van der Waals surface area contributed by atoms with Crippen molar-refractivity contribution in [1.82, 2.24) is 5.43 Å². The van der Waals surface area contributed by atoms with Crippen LogP contribution in [0.3, 0.4) is 0 Å². The zero-order chi connectivity index (χ0) is 20.0. The molecule has 0 saturated carbocycles. The van der Waals surface area contributed by atoms with E-state index in [1.54, 1.807) is 18.2 Å². The molecular formula is C20H16BrN3O3S. The topological polar surface area (TPSA) is 87.6 Å². The van der Waals surface area contributed by atoms with Crippen LogP contribution in [0, 0.1) is 0 Å². The van der Waals surface area contributed by atoms with Crippen molar-refractivity contribution in [3.63, 3.8) is 0 Å². The molecule has 0 spiro atoms. The van der Waals surface area contributed by atoms with Crippen LogP contribution in [0.25, 0.3) is 0 Å². The van der Waals surface area contributed by atoms with Crippen LogP contribution in [-0.4, -0.2) is 20.5 Å². The van der Waals surface area contributed by atoms with Gasteiger partial charge in [0.15, 0.2) is 0 Å². The molecule has 3 aromatic carbocycles. The summed E-state index contributed by atoms with van der Waals surface area (Å²) in [5.41, 5.74) is 3.98. The highest BCUT2D eigenvalue weighted by molar-refractivity contribution is 9.10. The number of nitrogens with zero attached hydrogens (tertiary/aromatic N) is 1. The minimum absolute atomic E-state index is 0.165. The maximum absolute atomic E-state index is 12.3. The second kappa shape index (κ2) is 8.81. The lowest BCUT2D eigenvalue weighted by atomic mass is 10.2. The maximum Gasteiger partial charge on any atom is 0.271 e. The van der Waals surface area contributed by atoms with Crippen LogP contribution < -0.4 is 10.1 Å². The number of nitrogens with one attached hydrogen (secondary N) is 2. The van der Waals surface area contributed by atoms with Gasteiger partial charge in [-0.05, 0) is 42.5 Å². The molecule has 0 radical (unpaired) electrons. The molecule has 0 saturated heterocycles. The molecule has 0 fully saturated rings. The summed E-state index contributed by atoms with van der Waals surface area (Å²) in [7, 11) is -3.67. The van der Waals surface area contributed by atoms with Gasteiger partial charge < -0.3 is 0 Å². The van der Waals surface area contributed by atoms with E-state index in [1.807, 2.05) is 24.3 Å². The largest absolute Gasteiger partial charge is 0.280 e. The highest BCUT2D eigenvalue weighted by Gasteiger charge is 2.13. The van der Waals surface area contributed by atoms with Gasteiger partial charge >= 0.3 is 0 Å². The Hall–Kier alpha value is -2.97. The van der Waals surface area contributed by atoms with Crippen molar-refractivity contribution in [1.29, 1.82) is 0 Å². The number of benzene rings is 3. The monoisotopic (exact) mass is 457 g/mol. The van der Waals surface area contributed by atoms with Crippen molar-refractivity contribution in [3.8, 4) is 0 Å². The van der Waals surface area contributed by atoms with Gasteiger partial charge in [-0.1, -0.05) is 52.3 Å². The SMILES string of the molecule is O=C(N/N=C/c1ccccc1Br)c1ccc(NS(=O)(=O)c2ccccc2)cc1. The van der Waals surface area contributed by atoms with Gasteiger partial charge in [0.1, 0.15) is 0 Å². The summed E-state index contributed by atoms with van der Waals surface area (Å²) in [6.07, 6.45) is 1.53. The van der Waals surface area contributed by atoms with Crippen LogP contribution >= 0.6 is 15.9 Å². The third-order valence-electron chi connectivity index (χ3n) is 3.73. The zero-order valence-electron chi connectivity index (χ0n) is 14.5. The van der Waals surface area contributed by atoms with Crippen molar-refractivity contribution >= 4 is 43.8 Å². The van der Waals surface area contributed by atoms with Crippen molar-refractivity contribution < 1.29 is 13.2 Å². The van der Waals surface area contributed by atoms with E-state index in [0.29, 0.717) is 11.3 Å². The molecule has 0 bridgehead atoms. The van der Waals surface area contributed by atoms with Gasteiger partial charge in [-0.2, -0.15) is 5.10 Å². The van der Waals surface area contributed by atoms with E-state index < -0.39 is 15.9 Å². The Labute approximate surface area is 171 Å². The Balaban J connectivity index is 1.64. The fraction of sp³-hybridized carbons (Fsp3) is 0. The van der Waals surface area contributed by atoms with Gasteiger partial charge in [0.2, 0.25) is 0 Å². The third-order valence-corrected chi connectivity index (χ3v) is 5.85. The van der Waals surface area contributed by atoms with Gasteiger partial charge in [-0.3, -0.25) is 9.52 Å². The molecule has 3 aromatic rings. The van der Waals surface area contributed by atoms with Gasteiger partial charge in [0.25, 0.3) is 15.9 Å². The molecule has 0 aliphatic heterocycles. The number of halogens is 1. The summed E-state index contributed by atoms with van der Waals surface area (Å²) in [4.78, 5) is 12.3. The fourth-order valence-corrected chi connectivity index (χ4v) is 3.77. The molecular weight excluding hydrogens is 442 g/mol. The molecule has 3 rings (SSSR count). The van der Waals surface area contributed by atoms with E-state index in [9.17, 15) is 13.2 Å². The number of hydrogen-bond acceptors (Lipinski definition) is 4. The molecule has 0 heterocycles. The number of amides is 1. The summed E-state index contributed by atoms with van der Waals surface area (Å²) in [6.45, 7) is 0. The molecule has 0 aliphatic carbocycles. The number of carbonyl (C=O) groups excluding carboxylic acids is 1. The number of anilines is 1. The Bertz CT molecular complexity index is 1100. The Morgan fingerprint density at radius 2 is 1.54 bits per heavy atom. The molecule has 6 nitrogen and oxygen atoms in total. The van der Waals surface area contributed by atoms with Gasteiger partial charge in [-0.15, -0.1) is 0 Å². The van der Waals surface area contributed by atoms with Crippen molar-refractivity contribution in [2.45, 2.75) is 4.90 Å². The third kappa shape index (κ3) is 5.05. The normalized spacial score (nSPS) is 11.3. The van der Waals surface area contributed by atoms with Gasteiger partial charge in [0, 0.05) is 21.3 Å². The standard InChI is InChI=1S/C20H16BrN3O3S/c21-19-9-5-4-6-16(19)14-22-23-20(25)15-10-12-17(13-11-15)24-28(26,27)18-7-2-1-3-8-18/h1-14,24H,(H,23,25)/b22-14+. The first-order chi connectivity index (χ1) is 13.5. The first-order valence-electron chi connectivity index (χ1n) is 8.21. The average Bonchev–Trinajstić information content (AvgIpc) is 2.70. The van der Waals surface area contributed by atoms with E-state index in [1.165, 1.54) is 42.6 Å². The minimum atomic E-state index is -3.67. The quantitative estimate of drug-likeness (QED) is 0.432. The van der Waals surface area contributed by atoms with E-state index >= 15 is 0 Å². The second-order valence-corrected chi connectivity index (χ2v) is 8.25. The molecule has 0 unspecified atom stereocenters. The van der Waals surface area contributed by atoms with Crippen molar-refractivity contribution in [3.05, 3.63) is 94.5 Å². The summed E-state index contributed by atoms with van der Waals surface area (Å²) < 4.78 is 28.0. The van der Waals surface area contributed by atoms with Crippen molar-refractivity contribution in [2.24, 2.45) is 5.10 Å². The zero-order valence-corrected chi connectivity index (χ0v) is 16.9. The van der Waals surface area contributed by atoms with Crippen LogP contribution in [0.4, 0.5) is 5.69 Å². The molecule has 8 heteroatoms. The lowest BCUT2D eigenvalue weighted by molar-refractivity contribution is 0.0955. The molecule has 28 heavy (non-hydrogen) atoms. The number of hydrazone groups is 1. The Morgan fingerprint density at radius 1 is 0.893 bits per heavy atom. The van der Waals surface area contributed by atoms with Crippen LogP contribution in [0.2, 0.25) is 0 Å². The van der Waals surface area contributed by atoms with Crippen LogP contribution in [0.5, 0.6) is 0 Å². The van der Waals surface area contributed by atoms with E-state index in [0.717, 1.165) is 10.0 Å². The minimum Gasteiger partial charge on any atom is -0.280 e. The Kier molecular flexibility index (Phi) is 6.23. The highest BCUT2D eigenvalue weighted by Crippen LogP contribution is 2.16. The van der Waals surface area contributed by atoms with Crippen LogP contribution in [-0.2, 0) is 10.0 Å². The van der Waals surface area contributed by atoms with Crippen molar-refractivity contribution in [2.75, 3.05) is 4.72 Å². The van der Waals surface area contributed by atoms with E-state index in [-0.39, 0.29) is 4.90 Å². The first-order valence-corrected chi connectivity index (χ1v) is 10.5. The predicted octanol–water partition coefficient (Wildman–Crippen LogP) is 4.01. The number of hydrogen-bond donors (Lipinski definition) is 2. The number of rotatable bonds is 6. The summed E-state index contributed by atoms with van der Waals surface area (Å²) in [6, 6.07) is 21.6. The smallest absolute Gasteiger partial charge is 0.271 e. The van der Waals surface area contributed by atoms with Crippen LogP contribution in [0.1, 0.15) is 15.9 Å². The molecule has 0 aliphatic rings. The first kappa shape index (κ1) is 19.8. The van der Waals surface area contributed by atoms with Gasteiger partial charge in [-0.25, -0.2) is 13.8 Å². The molecule has 142 valence electrons. The van der Waals surface area contributed by atoms with E-state index in [2.05, 4.69) is 31.2 Å². The number of sulfonamides is 1. The predicted molar refractivity (Wildman–Crippen MR) is 113 cm³/mol. The second-order valence-electron chi connectivity index (χ2n) is 5.72. The lowest BCUT2D eigenvalue weighted by Gasteiger charge is -2.08. The maximum atomic E-state index is 12.3. The Morgan fingerprint density at radius 3 is 2.21 bits per heavy atom.